The Hall–Kier alpha value is -3.36. The van der Waals surface area contributed by atoms with E-state index >= 15 is 0 Å². The van der Waals surface area contributed by atoms with Crippen molar-refractivity contribution in [2.24, 2.45) is 0 Å². The second-order valence-electron chi connectivity index (χ2n) is 7.53. The second kappa shape index (κ2) is 10.1. The minimum absolute atomic E-state index is 0.133. The number of carbonyl (C=O) groups excluding carboxylic acids is 2. The van der Waals surface area contributed by atoms with E-state index in [1.54, 1.807) is 12.1 Å². The van der Waals surface area contributed by atoms with Crippen LogP contribution in [0.3, 0.4) is 0 Å². The van der Waals surface area contributed by atoms with Crippen LogP contribution in [0.4, 0.5) is 5.13 Å². The summed E-state index contributed by atoms with van der Waals surface area (Å²) >= 11 is 7.71. The standard InChI is InChI=1S/C24H23ClN4O3S/c1-15-12-18(16(2)29(15)13-17-6-3-4-7-19(17)25)20-14-33-24(27-20)28-22(30)9-10-26-23(31)21-8-5-11-32-21/h3-8,11-12,14H,9-10,13H2,1-2H3,(H,26,31)(H,27,28,30). The number of thiazole rings is 1. The van der Waals surface area contributed by atoms with Gasteiger partial charge in [-0.25, -0.2) is 4.98 Å². The van der Waals surface area contributed by atoms with Crippen LogP contribution in [0.1, 0.15) is 33.9 Å². The lowest BCUT2D eigenvalue weighted by Gasteiger charge is -2.11. The van der Waals surface area contributed by atoms with Crippen molar-refractivity contribution >= 4 is 39.9 Å². The Morgan fingerprint density at radius 2 is 2.00 bits per heavy atom. The number of nitrogens with zero attached hydrogens (tertiary/aromatic N) is 2. The smallest absolute Gasteiger partial charge is 0.286 e. The van der Waals surface area contributed by atoms with Crippen LogP contribution in [0.15, 0.2) is 58.5 Å². The summed E-state index contributed by atoms with van der Waals surface area (Å²) in [4.78, 5) is 28.7. The molecule has 0 aliphatic carbocycles. The van der Waals surface area contributed by atoms with E-state index < -0.39 is 0 Å². The van der Waals surface area contributed by atoms with Crippen molar-refractivity contribution in [1.29, 1.82) is 0 Å². The van der Waals surface area contributed by atoms with Crippen LogP contribution in [0.5, 0.6) is 0 Å². The van der Waals surface area contributed by atoms with Crippen LogP contribution in [0.2, 0.25) is 5.02 Å². The summed E-state index contributed by atoms with van der Waals surface area (Å²) in [6.45, 7) is 4.99. The molecule has 3 aromatic heterocycles. The molecule has 0 aliphatic rings. The minimum atomic E-state index is -0.350. The molecular weight excluding hydrogens is 460 g/mol. The molecule has 0 saturated carbocycles. The van der Waals surface area contributed by atoms with Crippen LogP contribution >= 0.6 is 22.9 Å². The molecule has 4 aromatic rings. The SMILES string of the molecule is Cc1cc(-c2csc(NC(=O)CCNC(=O)c3ccco3)n2)c(C)n1Cc1ccccc1Cl. The first-order chi connectivity index (χ1) is 15.9. The number of carbonyl (C=O) groups is 2. The number of nitrogens with one attached hydrogen (secondary N) is 2. The molecular formula is C24H23ClN4O3S. The molecule has 3 heterocycles. The maximum absolute atomic E-state index is 12.3. The highest BCUT2D eigenvalue weighted by Crippen LogP contribution is 2.31. The molecule has 0 bridgehead atoms. The van der Waals surface area contributed by atoms with Crippen molar-refractivity contribution in [3.05, 3.63) is 81.8 Å². The fourth-order valence-corrected chi connectivity index (χ4v) is 4.44. The Labute approximate surface area is 200 Å². The molecule has 2 amide bonds. The highest BCUT2D eigenvalue weighted by molar-refractivity contribution is 7.14. The first-order valence-corrected chi connectivity index (χ1v) is 11.7. The second-order valence-corrected chi connectivity index (χ2v) is 8.80. The monoisotopic (exact) mass is 482 g/mol. The highest BCUT2D eigenvalue weighted by atomic mass is 35.5. The zero-order valence-corrected chi connectivity index (χ0v) is 19.8. The normalized spacial score (nSPS) is 10.9. The van der Waals surface area contributed by atoms with E-state index in [0.29, 0.717) is 11.7 Å². The molecule has 0 aliphatic heterocycles. The van der Waals surface area contributed by atoms with E-state index in [1.165, 1.54) is 17.6 Å². The van der Waals surface area contributed by atoms with Crippen molar-refractivity contribution in [2.45, 2.75) is 26.8 Å². The first kappa shape index (κ1) is 22.8. The van der Waals surface area contributed by atoms with Gasteiger partial charge in [-0.1, -0.05) is 29.8 Å². The molecule has 0 unspecified atom stereocenters. The van der Waals surface area contributed by atoms with Crippen LogP contribution in [-0.4, -0.2) is 27.9 Å². The third-order valence-corrected chi connectivity index (χ3v) is 6.40. The van der Waals surface area contributed by atoms with Gasteiger partial charge in [0.1, 0.15) is 0 Å². The van der Waals surface area contributed by atoms with E-state index in [2.05, 4.69) is 40.1 Å². The number of hydrogen-bond donors (Lipinski definition) is 2. The van der Waals surface area contributed by atoms with Gasteiger partial charge in [-0.05, 0) is 43.7 Å². The summed E-state index contributed by atoms with van der Waals surface area (Å²) in [5.74, 6) is -0.358. The number of benzene rings is 1. The van der Waals surface area contributed by atoms with Crippen LogP contribution in [0.25, 0.3) is 11.3 Å². The summed E-state index contributed by atoms with van der Waals surface area (Å²) in [5, 5.41) is 8.63. The quantitative estimate of drug-likeness (QED) is 0.357. The molecule has 170 valence electrons. The van der Waals surface area contributed by atoms with E-state index in [-0.39, 0.29) is 30.5 Å². The zero-order chi connectivity index (χ0) is 23.4. The van der Waals surface area contributed by atoms with E-state index in [1.807, 2.05) is 29.6 Å². The number of rotatable bonds is 8. The number of aromatic nitrogens is 2. The average molecular weight is 483 g/mol. The fourth-order valence-electron chi connectivity index (χ4n) is 3.52. The Balaban J connectivity index is 1.37. The molecule has 1 aromatic carbocycles. The van der Waals surface area contributed by atoms with Gasteiger partial charge in [-0.2, -0.15) is 0 Å². The number of amides is 2. The Kier molecular flexibility index (Phi) is 6.96. The minimum Gasteiger partial charge on any atom is -0.459 e. The molecule has 9 heteroatoms. The van der Waals surface area contributed by atoms with Gasteiger partial charge in [0.2, 0.25) is 5.91 Å². The Morgan fingerprint density at radius 1 is 1.18 bits per heavy atom. The summed E-state index contributed by atoms with van der Waals surface area (Å²) in [5.41, 5.74) is 5.06. The van der Waals surface area contributed by atoms with Crippen LogP contribution in [-0.2, 0) is 11.3 Å². The number of aryl methyl sites for hydroxylation is 1. The predicted octanol–water partition coefficient (Wildman–Crippen LogP) is 5.28. The maximum atomic E-state index is 12.3. The van der Waals surface area contributed by atoms with Crippen molar-refractivity contribution in [3.8, 4) is 11.3 Å². The van der Waals surface area contributed by atoms with Gasteiger partial charge in [0.25, 0.3) is 5.91 Å². The van der Waals surface area contributed by atoms with Gasteiger partial charge in [0.15, 0.2) is 10.9 Å². The van der Waals surface area contributed by atoms with Gasteiger partial charge in [0.05, 0.1) is 12.0 Å². The van der Waals surface area contributed by atoms with Gasteiger partial charge in [0, 0.05) is 46.9 Å². The largest absolute Gasteiger partial charge is 0.459 e. The highest BCUT2D eigenvalue weighted by Gasteiger charge is 2.16. The van der Waals surface area contributed by atoms with Gasteiger partial charge < -0.3 is 19.6 Å². The van der Waals surface area contributed by atoms with Crippen molar-refractivity contribution in [1.82, 2.24) is 14.9 Å². The zero-order valence-electron chi connectivity index (χ0n) is 18.2. The van der Waals surface area contributed by atoms with E-state index in [0.717, 1.165) is 33.2 Å². The molecule has 0 radical (unpaired) electrons. The molecule has 0 atom stereocenters. The van der Waals surface area contributed by atoms with Crippen LogP contribution < -0.4 is 10.6 Å². The maximum Gasteiger partial charge on any atom is 0.286 e. The average Bonchev–Trinajstić information content (AvgIpc) is 3.53. The summed E-state index contributed by atoms with van der Waals surface area (Å²) in [6, 6.07) is 13.1. The van der Waals surface area contributed by atoms with Gasteiger partial charge in [-0.3, -0.25) is 9.59 Å². The third-order valence-electron chi connectivity index (χ3n) is 5.27. The molecule has 7 nitrogen and oxygen atoms in total. The topological polar surface area (TPSA) is 89.2 Å². The van der Waals surface area contributed by atoms with Gasteiger partial charge in [-0.15, -0.1) is 11.3 Å². The number of anilines is 1. The van der Waals surface area contributed by atoms with Crippen molar-refractivity contribution in [2.75, 3.05) is 11.9 Å². The summed E-state index contributed by atoms with van der Waals surface area (Å²) in [7, 11) is 0. The fraction of sp³-hybridized carbons (Fsp3) is 0.208. The molecule has 33 heavy (non-hydrogen) atoms. The number of furan rings is 1. The van der Waals surface area contributed by atoms with E-state index in [4.69, 9.17) is 16.0 Å². The molecule has 4 rings (SSSR count). The molecule has 0 fully saturated rings. The van der Waals surface area contributed by atoms with Crippen molar-refractivity contribution < 1.29 is 14.0 Å². The summed E-state index contributed by atoms with van der Waals surface area (Å²) in [6.07, 6.45) is 1.56. The molecule has 0 saturated heterocycles. The summed E-state index contributed by atoms with van der Waals surface area (Å²) < 4.78 is 7.23. The van der Waals surface area contributed by atoms with E-state index in [9.17, 15) is 9.59 Å². The van der Waals surface area contributed by atoms with Crippen molar-refractivity contribution in [3.63, 3.8) is 0 Å². The number of hydrogen-bond acceptors (Lipinski definition) is 5. The Morgan fingerprint density at radius 3 is 2.76 bits per heavy atom. The lowest BCUT2D eigenvalue weighted by atomic mass is 10.2. The van der Waals surface area contributed by atoms with Gasteiger partial charge >= 0.3 is 0 Å². The first-order valence-electron chi connectivity index (χ1n) is 10.4. The number of halogens is 1. The van der Waals surface area contributed by atoms with Crippen LogP contribution in [0, 0.1) is 13.8 Å². The predicted molar refractivity (Wildman–Crippen MR) is 130 cm³/mol. The Bertz CT molecular complexity index is 1280. The molecule has 0 spiro atoms. The molecule has 2 N–H and O–H groups in total. The lowest BCUT2D eigenvalue weighted by Crippen LogP contribution is -2.27. The third kappa shape index (κ3) is 5.35. The lowest BCUT2D eigenvalue weighted by molar-refractivity contribution is -0.116.